The number of anilines is 1. The molecule has 1 amide bonds. The molecule has 0 atom stereocenters. The van der Waals surface area contributed by atoms with Crippen LogP contribution in [0.3, 0.4) is 0 Å². The fourth-order valence-electron chi connectivity index (χ4n) is 1.76. The van der Waals surface area contributed by atoms with Gasteiger partial charge < -0.3 is 9.64 Å². The summed E-state index contributed by atoms with van der Waals surface area (Å²) in [6, 6.07) is 5.67. The number of benzene rings is 1. The second kappa shape index (κ2) is 4.76. The third-order valence-corrected chi connectivity index (χ3v) is 2.55. The summed E-state index contributed by atoms with van der Waals surface area (Å²) in [7, 11) is 0. The van der Waals surface area contributed by atoms with Crippen LogP contribution in [0, 0.1) is 6.92 Å². The number of amides is 1. The normalized spacial score (nSPS) is 13.4. The van der Waals surface area contributed by atoms with E-state index in [1.165, 1.54) is 0 Å². The first kappa shape index (κ1) is 11.3. The zero-order chi connectivity index (χ0) is 12.3. The molecule has 6 heteroatoms. The molecule has 2 rings (SSSR count). The molecule has 0 bridgehead atoms. The minimum Gasteiger partial charge on any atom is -0.490 e. The Balaban J connectivity index is 2.30. The summed E-state index contributed by atoms with van der Waals surface area (Å²) in [4.78, 5) is 16.0. The van der Waals surface area contributed by atoms with E-state index in [0.29, 0.717) is 18.9 Å². The van der Waals surface area contributed by atoms with E-state index in [1.54, 1.807) is 4.90 Å². The van der Waals surface area contributed by atoms with Crippen molar-refractivity contribution in [2.24, 2.45) is 5.11 Å². The molecule has 0 saturated carbocycles. The third kappa shape index (κ3) is 2.32. The van der Waals surface area contributed by atoms with Crippen molar-refractivity contribution in [3.05, 3.63) is 34.2 Å². The van der Waals surface area contributed by atoms with Crippen molar-refractivity contribution in [3.63, 3.8) is 0 Å². The molecule has 1 aliphatic rings. The van der Waals surface area contributed by atoms with Crippen LogP contribution in [-0.2, 0) is 4.79 Å². The molecule has 1 heterocycles. The van der Waals surface area contributed by atoms with E-state index in [1.807, 2.05) is 25.1 Å². The molecule has 0 aliphatic carbocycles. The lowest BCUT2D eigenvalue weighted by atomic mass is 10.1. The molecule has 0 spiro atoms. The van der Waals surface area contributed by atoms with Crippen LogP contribution in [0.5, 0.6) is 5.75 Å². The minimum atomic E-state index is -0.210. The average Bonchev–Trinajstić information content (AvgIpc) is 2.35. The van der Waals surface area contributed by atoms with Gasteiger partial charge in [0.2, 0.25) is 5.91 Å². The van der Waals surface area contributed by atoms with Crippen LogP contribution < -0.4 is 9.64 Å². The van der Waals surface area contributed by atoms with Gasteiger partial charge in [-0.15, -0.1) is 0 Å². The number of rotatable bonds is 2. The van der Waals surface area contributed by atoms with Gasteiger partial charge in [-0.1, -0.05) is 11.2 Å². The molecule has 1 aromatic rings. The van der Waals surface area contributed by atoms with Gasteiger partial charge in [-0.05, 0) is 30.2 Å². The molecule has 6 nitrogen and oxygen atoms in total. The van der Waals surface area contributed by atoms with Crippen molar-refractivity contribution in [2.45, 2.75) is 6.92 Å². The summed E-state index contributed by atoms with van der Waals surface area (Å²) < 4.78 is 5.47. The largest absolute Gasteiger partial charge is 0.490 e. The van der Waals surface area contributed by atoms with Crippen LogP contribution in [0.2, 0.25) is 0 Å². The summed E-state index contributed by atoms with van der Waals surface area (Å²) in [5.41, 5.74) is 10.0. The van der Waals surface area contributed by atoms with Gasteiger partial charge in [-0.25, -0.2) is 0 Å². The van der Waals surface area contributed by atoms with E-state index in [-0.39, 0.29) is 12.5 Å². The molecule has 1 aliphatic heterocycles. The molecule has 0 fully saturated rings. The second-order valence-electron chi connectivity index (χ2n) is 3.75. The van der Waals surface area contributed by atoms with Crippen LogP contribution in [0.25, 0.3) is 10.4 Å². The van der Waals surface area contributed by atoms with E-state index >= 15 is 0 Å². The van der Waals surface area contributed by atoms with Crippen LogP contribution >= 0.6 is 0 Å². The van der Waals surface area contributed by atoms with E-state index in [2.05, 4.69) is 10.0 Å². The highest BCUT2D eigenvalue weighted by molar-refractivity contribution is 5.96. The Hall–Kier alpha value is -2.20. The quantitative estimate of drug-likeness (QED) is 0.444. The first-order valence-electron chi connectivity index (χ1n) is 5.27. The lowest BCUT2D eigenvalue weighted by Gasteiger charge is -2.29. The summed E-state index contributed by atoms with van der Waals surface area (Å²) >= 11 is 0. The monoisotopic (exact) mass is 232 g/mol. The fourth-order valence-corrected chi connectivity index (χ4v) is 1.76. The Morgan fingerprint density at radius 1 is 1.65 bits per heavy atom. The Morgan fingerprint density at radius 2 is 2.47 bits per heavy atom. The van der Waals surface area contributed by atoms with E-state index in [0.717, 1.165) is 11.3 Å². The van der Waals surface area contributed by atoms with Crippen LogP contribution in [0.4, 0.5) is 5.69 Å². The fraction of sp³-hybridized carbons (Fsp3) is 0.364. The molecule has 17 heavy (non-hydrogen) atoms. The Morgan fingerprint density at radius 3 is 3.24 bits per heavy atom. The third-order valence-electron chi connectivity index (χ3n) is 2.55. The average molecular weight is 232 g/mol. The standard InChI is InChI=1S/C11H12N4O2/c1-8-2-3-10-9(6-8)15(4-5-17-10)11(16)7-13-14-12/h2-3,6H,4-5,7H2,1H3. The van der Waals surface area contributed by atoms with Crippen LogP contribution in [0.15, 0.2) is 23.3 Å². The van der Waals surface area contributed by atoms with E-state index in [4.69, 9.17) is 10.3 Å². The number of ether oxygens (including phenoxy) is 1. The number of hydrogen-bond acceptors (Lipinski definition) is 3. The highest BCUT2D eigenvalue weighted by Crippen LogP contribution is 2.32. The van der Waals surface area contributed by atoms with Gasteiger partial charge in [0.15, 0.2) is 0 Å². The molecular weight excluding hydrogens is 220 g/mol. The van der Waals surface area contributed by atoms with Gasteiger partial charge in [-0.2, -0.15) is 0 Å². The van der Waals surface area contributed by atoms with Crippen LogP contribution in [-0.4, -0.2) is 25.6 Å². The lowest BCUT2D eigenvalue weighted by Crippen LogP contribution is -2.39. The smallest absolute Gasteiger partial charge is 0.233 e. The number of nitrogens with zero attached hydrogens (tertiary/aromatic N) is 4. The first-order valence-corrected chi connectivity index (χ1v) is 5.27. The maximum atomic E-state index is 11.8. The topological polar surface area (TPSA) is 78.3 Å². The maximum absolute atomic E-state index is 11.8. The molecule has 0 radical (unpaired) electrons. The Labute approximate surface area is 98.4 Å². The Kier molecular flexibility index (Phi) is 3.16. The van der Waals surface area contributed by atoms with Crippen molar-refractivity contribution >= 4 is 11.6 Å². The summed E-state index contributed by atoms with van der Waals surface area (Å²) in [6.45, 7) is 2.73. The van der Waals surface area contributed by atoms with E-state index in [9.17, 15) is 4.79 Å². The number of azide groups is 1. The summed E-state index contributed by atoms with van der Waals surface area (Å²) in [6.07, 6.45) is 0. The number of hydrogen-bond donors (Lipinski definition) is 0. The van der Waals surface area contributed by atoms with E-state index < -0.39 is 0 Å². The van der Waals surface area contributed by atoms with Crippen molar-refractivity contribution in [1.82, 2.24) is 0 Å². The Bertz CT molecular complexity index is 494. The van der Waals surface area contributed by atoms with Gasteiger partial charge in [0, 0.05) is 4.91 Å². The zero-order valence-corrected chi connectivity index (χ0v) is 9.46. The summed E-state index contributed by atoms with van der Waals surface area (Å²) in [5, 5.41) is 3.29. The molecule has 0 unspecified atom stereocenters. The molecule has 0 aromatic heterocycles. The highest BCUT2D eigenvalue weighted by Gasteiger charge is 2.22. The predicted molar refractivity (Wildman–Crippen MR) is 63.0 cm³/mol. The lowest BCUT2D eigenvalue weighted by molar-refractivity contribution is -0.117. The zero-order valence-electron chi connectivity index (χ0n) is 9.46. The predicted octanol–water partition coefficient (Wildman–Crippen LogP) is 2.03. The molecular formula is C11H12N4O2. The number of aryl methyl sites for hydroxylation is 1. The van der Waals surface area contributed by atoms with Gasteiger partial charge in [0.25, 0.3) is 0 Å². The number of fused-ring (bicyclic) bond motifs is 1. The van der Waals surface area contributed by atoms with Crippen molar-refractivity contribution in [3.8, 4) is 5.75 Å². The van der Waals surface area contributed by atoms with Gasteiger partial charge in [0.05, 0.1) is 12.2 Å². The second-order valence-corrected chi connectivity index (χ2v) is 3.75. The van der Waals surface area contributed by atoms with Crippen molar-refractivity contribution in [2.75, 3.05) is 24.6 Å². The first-order chi connectivity index (χ1) is 8.22. The molecule has 88 valence electrons. The molecule has 0 N–H and O–H groups in total. The maximum Gasteiger partial charge on any atom is 0.233 e. The molecule has 1 aromatic carbocycles. The minimum absolute atomic E-state index is 0.163. The van der Waals surface area contributed by atoms with Gasteiger partial charge in [-0.3, -0.25) is 4.79 Å². The highest BCUT2D eigenvalue weighted by atomic mass is 16.5. The number of carbonyl (C=O) groups is 1. The van der Waals surface area contributed by atoms with Gasteiger partial charge >= 0.3 is 0 Å². The summed E-state index contributed by atoms with van der Waals surface area (Å²) in [5.74, 6) is 0.481. The van der Waals surface area contributed by atoms with Crippen molar-refractivity contribution in [1.29, 1.82) is 0 Å². The van der Waals surface area contributed by atoms with Crippen molar-refractivity contribution < 1.29 is 9.53 Å². The number of carbonyl (C=O) groups excluding carboxylic acids is 1. The molecule has 0 saturated heterocycles. The van der Waals surface area contributed by atoms with Gasteiger partial charge in [0.1, 0.15) is 18.9 Å². The van der Waals surface area contributed by atoms with Crippen LogP contribution in [0.1, 0.15) is 5.56 Å². The SMILES string of the molecule is Cc1ccc2c(c1)N(C(=O)CN=[N+]=[N-])CCO2.